The van der Waals surface area contributed by atoms with Gasteiger partial charge >= 0.3 is 0 Å². The molecule has 2 aliphatic rings. The molecule has 8 nitrogen and oxygen atoms in total. The molecule has 0 radical (unpaired) electrons. The Bertz CT molecular complexity index is 1200. The van der Waals surface area contributed by atoms with Gasteiger partial charge in [-0.2, -0.15) is 0 Å². The fourth-order valence-electron chi connectivity index (χ4n) is 5.79. The maximum atomic E-state index is 14.0. The molecule has 4 atom stereocenters. The van der Waals surface area contributed by atoms with E-state index in [9.17, 15) is 19.5 Å². The van der Waals surface area contributed by atoms with Gasteiger partial charge in [0, 0.05) is 45.1 Å². The van der Waals surface area contributed by atoms with Crippen molar-refractivity contribution in [2.45, 2.75) is 76.6 Å². The standard InChI is InChI=1S/C31H44N4O4/c1-20(28(37)35-14-12-25(36)13-15-35)33(4)30(39)27(17-21-10-11-22-8-6-7-9-23(22)16-21)34(5)29(38)26-18-24(26)19-31(2,3)32/h6-11,16,20,24-27,36H,12-15,17-19,32H2,1-5H3/t20-,24?,26?,27-/m1/s1. The van der Waals surface area contributed by atoms with Crippen molar-refractivity contribution in [3.05, 3.63) is 48.0 Å². The minimum Gasteiger partial charge on any atom is -0.393 e. The third-order valence-electron chi connectivity index (χ3n) is 8.43. The number of rotatable bonds is 9. The number of carbonyl (C=O) groups is 3. The van der Waals surface area contributed by atoms with Gasteiger partial charge in [0.2, 0.25) is 17.7 Å². The normalized spacial score (nSPS) is 21.4. The number of carbonyl (C=O) groups excluding carboxylic acids is 3. The quantitative estimate of drug-likeness (QED) is 0.513. The lowest BCUT2D eigenvalue weighted by atomic mass is 9.97. The molecule has 0 spiro atoms. The van der Waals surface area contributed by atoms with Crippen LogP contribution >= 0.6 is 0 Å². The highest BCUT2D eigenvalue weighted by molar-refractivity contribution is 5.93. The first kappa shape index (κ1) is 29.0. The molecular weight excluding hydrogens is 492 g/mol. The number of amides is 3. The van der Waals surface area contributed by atoms with Gasteiger partial charge in [0.1, 0.15) is 12.1 Å². The van der Waals surface area contributed by atoms with E-state index in [1.165, 1.54) is 4.90 Å². The van der Waals surface area contributed by atoms with Crippen molar-refractivity contribution >= 4 is 28.5 Å². The van der Waals surface area contributed by atoms with Crippen molar-refractivity contribution in [1.29, 1.82) is 0 Å². The lowest BCUT2D eigenvalue weighted by molar-refractivity contribution is -0.150. The Labute approximate surface area is 232 Å². The number of fused-ring (bicyclic) bond motifs is 1. The van der Waals surface area contributed by atoms with Crippen LogP contribution in [0.1, 0.15) is 52.0 Å². The summed E-state index contributed by atoms with van der Waals surface area (Å²) in [5.74, 6) is -0.337. The maximum absolute atomic E-state index is 14.0. The zero-order valence-corrected chi connectivity index (χ0v) is 24.0. The predicted molar refractivity (Wildman–Crippen MR) is 153 cm³/mol. The van der Waals surface area contributed by atoms with E-state index in [-0.39, 0.29) is 41.2 Å². The molecule has 0 aromatic heterocycles. The van der Waals surface area contributed by atoms with Crippen molar-refractivity contribution in [3.8, 4) is 0 Å². The van der Waals surface area contributed by atoms with E-state index in [2.05, 4.69) is 6.07 Å². The van der Waals surface area contributed by atoms with Crippen molar-refractivity contribution < 1.29 is 19.5 Å². The summed E-state index contributed by atoms with van der Waals surface area (Å²) in [6, 6.07) is 12.7. The molecule has 0 bridgehead atoms. The van der Waals surface area contributed by atoms with E-state index in [0.29, 0.717) is 32.4 Å². The van der Waals surface area contributed by atoms with Gasteiger partial charge in [-0.1, -0.05) is 42.5 Å². The fraction of sp³-hybridized carbons (Fsp3) is 0.581. The summed E-state index contributed by atoms with van der Waals surface area (Å²) in [6.45, 7) is 6.64. The monoisotopic (exact) mass is 536 g/mol. The number of hydrogen-bond acceptors (Lipinski definition) is 5. The SMILES string of the molecule is C[C@H](C(=O)N1CCC(O)CC1)N(C)C(=O)[C@@H](Cc1ccc2ccccc2c1)N(C)C(=O)C1CC1CC(C)(C)N. The minimum atomic E-state index is -0.741. The van der Waals surface area contributed by atoms with Gasteiger partial charge in [-0.15, -0.1) is 0 Å². The summed E-state index contributed by atoms with van der Waals surface area (Å²) in [6.07, 6.45) is 2.60. The Hall–Kier alpha value is -2.97. The van der Waals surface area contributed by atoms with Gasteiger partial charge in [-0.3, -0.25) is 14.4 Å². The number of nitrogens with zero attached hydrogens (tertiary/aromatic N) is 3. The van der Waals surface area contributed by atoms with Crippen molar-refractivity contribution in [2.75, 3.05) is 27.2 Å². The lowest BCUT2D eigenvalue weighted by Gasteiger charge is -2.37. The highest BCUT2D eigenvalue weighted by atomic mass is 16.3. The Morgan fingerprint density at radius 2 is 1.69 bits per heavy atom. The lowest BCUT2D eigenvalue weighted by Crippen LogP contribution is -2.56. The number of hydrogen-bond donors (Lipinski definition) is 2. The molecule has 2 fully saturated rings. The Kier molecular flexibility index (Phi) is 8.66. The molecule has 2 unspecified atom stereocenters. The largest absolute Gasteiger partial charge is 0.393 e. The number of likely N-dealkylation sites (tertiary alicyclic amines) is 1. The van der Waals surface area contributed by atoms with E-state index in [1.807, 2.05) is 50.2 Å². The molecule has 1 aliphatic heterocycles. The van der Waals surface area contributed by atoms with Gasteiger partial charge in [0.05, 0.1) is 6.10 Å². The fourth-order valence-corrected chi connectivity index (χ4v) is 5.79. The van der Waals surface area contributed by atoms with Gasteiger partial charge in [-0.25, -0.2) is 0 Å². The van der Waals surface area contributed by atoms with Crippen LogP contribution in [0.15, 0.2) is 42.5 Å². The number of likely N-dealkylation sites (N-methyl/N-ethyl adjacent to an activating group) is 2. The first-order valence-electron chi connectivity index (χ1n) is 14.1. The summed E-state index contributed by atoms with van der Waals surface area (Å²) >= 11 is 0. The van der Waals surface area contributed by atoms with Crippen LogP contribution in [0.2, 0.25) is 0 Å². The van der Waals surface area contributed by atoms with Crippen molar-refractivity contribution in [2.24, 2.45) is 17.6 Å². The molecule has 2 aromatic carbocycles. The minimum absolute atomic E-state index is 0.0409. The van der Waals surface area contributed by atoms with Crippen LogP contribution in [0.5, 0.6) is 0 Å². The number of aliphatic hydroxyl groups excluding tert-OH is 1. The Balaban J connectivity index is 1.54. The van der Waals surface area contributed by atoms with Crippen LogP contribution in [0.3, 0.4) is 0 Å². The van der Waals surface area contributed by atoms with E-state index in [0.717, 1.165) is 29.2 Å². The van der Waals surface area contributed by atoms with E-state index in [1.54, 1.807) is 30.8 Å². The molecule has 4 rings (SSSR count). The van der Waals surface area contributed by atoms with Gasteiger partial charge in [0.15, 0.2) is 0 Å². The summed E-state index contributed by atoms with van der Waals surface area (Å²) in [7, 11) is 3.35. The van der Waals surface area contributed by atoms with Crippen molar-refractivity contribution in [3.63, 3.8) is 0 Å². The topological polar surface area (TPSA) is 107 Å². The molecule has 3 N–H and O–H groups in total. The number of piperidine rings is 1. The van der Waals surface area contributed by atoms with Crippen LogP contribution in [-0.4, -0.2) is 88.4 Å². The van der Waals surface area contributed by atoms with Crippen molar-refractivity contribution in [1.82, 2.24) is 14.7 Å². The van der Waals surface area contributed by atoms with Gasteiger partial charge < -0.3 is 25.5 Å². The third kappa shape index (κ3) is 6.97. The third-order valence-corrected chi connectivity index (χ3v) is 8.43. The zero-order chi connectivity index (χ0) is 28.5. The maximum Gasteiger partial charge on any atom is 0.246 e. The first-order valence-corrected chi connectivity index (χ1v) is 14.1. The number of benzene rings is 2. The average molecular weight is 537 g/mol. The first-order chi connectivity index (χ1) is 18.4. The van der Waals surface area contributed by atoms with E-state index >= 15 is 0 Å². The molecule has 2 aromatic rings. The second-order valence-corrected chi connectivity index (χ2v) is 12.3. The molecule has 212 valence electrons. The van der Waals surface area contributed by atoms with Gasteiger partial charge in [-0.05, 0) is 68.7 Å². The van der Waals surface area contributed by atoms with Crippen LogP contribution in [-0.2, 0) is 20.8 Å². The van der Waals surface area contributed by atoms with Crippen LogP contribution in [0.4, 0.5) is 0 Å². The molecule has 1 heterocycles. The summed E-state index contributed by atoms with van der Waals surface area (Å²) in [5.41, 5.74) is 6.82. The highest BCUT2D eigenvalue weighted by Gasteiger charge is 2.47. The molecule has 1 saturated carbocycles. The van der Waals surface area contributed by atoms with Crippen LogP contribution in [0.25, 0.3) is 10.8 Å². The number of nitrogens with two attached hydrogens (primary N) is 1. The smallest absolute Gasteiger partial charge is 0.246 e. The van der Waals surface area contributed by atoms with E-state index in [4.69, 9.17) is 5.73 Å². The molecule has 39 heavy (non-hydrogen) atoms. The second-order valence-electron chi connectivity index (χ2n) is 12.3. The highest BCUT2D eigenvalue weighted by Crippen LogP contribution is 2.45. The molecule has 3 amide bonds. The molecule has 8 heteroatoms. The van der Waals surface area contributed by atoms with Crippen LogP contribution in [0, 0.1) is 11.8 Å². The molecular formula is C31H44N4O4. The Morgan fingerprint density at radius 1 is 1.05 bits per heavy atom. The number of aliphatic hydroxyl groups is 1. The molecule has 1 aliphatic carbocycles. The Morgan fingerprint density at radius 3 is 2.33 bits per heavy atom. The van der Waals surface area contributed by atoms with Gasteiger partial charge in [0.25, 0.3) is 0 Å². The average Bonchev–Trinajstić information content (AvgIpc) is 3.66. The molecule has 1 saturated heterocycles. The summed E-state index contributed by atoms with van der Waals surface area (Å²) in [4.78, 5) is 45.6. The summed E-state index contributed by atoms with van der Waals surface area (Å²) < 4.78 is 0. The summed E-state index contributed by atoms with van der Waals surface area (Å²) in [5, 5.41) is 12.0. The van der Waals surface area contributed by atoms with E-state index < -0.39 is 12.1 Å². The second kappa shape index (κ2) is 11.6. The van der Waals surface area contributed by atoms with Crippen LogP contribution < -0.4 is 5.73 Å². The predicted octanol–water partition coefficient (Wildman–Crippen LogP) is 2.80. The zero-order valence-electron chi connectivity index (χ0n) is 24.0.